The molecule has 1 aromatic heterocycles. The number of imidazole rings is 1. The predicted octanol–water partition coefficient (Wildman–Crippen LogP) is 2.55. The predicted molar refractivity (Wildman–Crippen MR) is 102 cm³/mol. The van der Waals surface area contributed by atoms with E-state index < -0.39 is 0 Å². The van der Waals surface area contributed by atoms with Crippen LogP contribution in [-0.2, 0) is 14.3 Å². The summed E-state index contributed by atoms with van der Waals surface area (Å²) in [6, 6.07) is 11.8. The molecule has 3 aromatic rings. The second kappa shape index (κ2) is 7.40. The highest BCUT2D eigenvalue weighted by molar-refractivity contribution is 5.92. The molecule has 144 valence electrons. The number of halogens is 1. The lowest BCUT2D eigenvalue weighted by Crippen LogP contribution is -2.54. The molecule has 1 fully saturated rings. The van der Waals surface area contributed by atoms with Gasteiger partial charge in [-0.05, 0) is 36.4 Å². The van der Waals surface area contributed by atoms with Gasteiger partial charge >= 0.3 is 0 Å². The molecule has 1 aliphatic rings. The second-order valence-electron chi connectivity index (χ2n) is 6.70. The maximum atomic E-state index is 13.8. The molecular formula is C20H19FN4O3. The lowest BCUT2D eigenvalue weighted by Gasteiger charge is -2.38. The van der Waals surface area contributed by atoms with Gasteiger partial charge in [0.1, 0.15) is 17.9 Å². The summed E-state index contributed by atoms with van der Waals surface area (Å²) in [5.74, 6) is -0.0699. The minimum atomic E-state index is -0.373. The Labute approximate surface area is 160 Å². The quantitative estimate of drug-likeness (QED) is 0.710. The van der Waals surface area contributed by atoms with Gasteiger partial charge in [0, 0.05) is 31.3 Å². The Hall–Kier alpha value is -3.26. The number of carbonyl (C=O) groups excluding carboxylic acids is 2. The third-order valence-corrected chi connectivity index (χ3v) is 4.65. The number of hydrogen-bond acceptors (Lipinski definition) is 4. The van der Waals surface area contributed by atoms with E-state index in [1.165, 1.54) is 13.0 Å². The highest BCUT2D eigenvalue weighted by Gasteiger charge is 2.29. The van der Waals surface area contributed by atoms with E-state index in [1.54, 1.807) is 41.3 Å². The van der Waals surface area contributed by atoms with Crippen molar-refractivity contribution in [2.45, 2.75) is 13.0 Å². The summed E-state index contributed by atoms with van der Waals surface area (Å²) in [6.45, 7) is 2.49. The molecule has 0 spiro atoms. The van der Waals surface area contributed by atoms with E-state index in [9.17, 15) is 14.0 Å². The fourth-order valence-electron chi connectivity index (χ4n) is 3.04. The molecule has 0 aliphatic carbocycles. The van der Waals surface area contributed by atoms with Crippen LogP contribution >= 0.6 is 0 Å². The first-order chi connectivity index (χ1) is 13.5. The average molecular weight is 382 g/mol. The van der Waals surface area contributed by atoms with Gasteiger partial charge in [0.05, 0.1) is 11.6 Å². The van der Waals surface area contributed by atoms with Gasteiger partial charge < -0.3 is 19.9 Å². The van der Waals surface area contributed by atoms with E-state index in [1.807, 2.05) is 0 Å². The molecule has 1 aliphatic heterocycles. The van der Waals surface area contributed by atoms with E-state index in [0.717, 1.165) is 5.56 Å². The summed E-state index contributed by atoms with van der Waals surface area (Å²) in [5, 5.41) is 2.76. The largest absolute Gasteiger partial charge is 0.365 e. The van der Waals surface area contributed by atoms with Crippen LogP contribution in [0.5, 0.6) is 0 Å². The summed E-state index contributed by atoms with van der Waals surface area (Å²) in [4.78, 5) is 32.2. The number of ether oxygens (including phenoxy) is 1. The zero-order valence-electron chi connectivity index (χ0n) is 15.2. The highest BCUT2D eigenvalue weighted by atomic mass is 19.1. The molecule has 0 unspecified atom stereocenters. The van der Waals surface area contributed by atoms with Crippen LogP contribution in [0.25, 0.3) is 22.4 Å². The van der Waals surface area contributed by atoms with Gasteiger partial charge in [0.25, 0.3) is 0 Å². The topological polar surface area (TPSA) is 87.3 Å². The fraction of sp³-hybridized carbons (Fsp3) is 0.250. The van der Waals surface area contributed by atoms with Crippen molar-refractivity contribution in [1.29, 1.82) is 0 Å². The van der Waals surface area contributed by atoms with Crippen LogP contribution in [0.3, 0.4) is 0 Å². The molecule has 2 amide bonds. The van der Waals surface area contributed by atoms with E-state index in [2.05, 4.69) is 15.3 Å². The highest BCUT2D eigenvalue weighted by Crippen LogP contribution is 2.23. The van der Waals surface area contributed by atoms with Gasteiger partial charge in [-0.3, -0.25) is 9.59 Å². The first-order valence-electron chi connectivity index (χ1n) is 8.91. The number of hydrogen-bond donors (Lipinski definition) is 2. The SMILES string of the molecule is CC(=O)N1CC(OCC(=O)Nc2ccc(-c3nc4c(F)cccc4[nH]3)cc2)C1. The maximum absolute atomic E-state index is 13.8. The lowest BCUT2D eigenvalue weighted by atomic mass is 10.2. The van der Waals surface area contributed by atoms with Crippen molar-refractivity contribution < 1.29 is 18.7 Å². The number of para-hydroxylation sites is 1. The number of carbonyl (C=O) groups is 2. The van der Waals surface area contributed by atoms with Gasteiger partial charge in [0.15, 0.2) is 5.82 Å². The molecule has 2 N–H and O–H groups in total. The van der Waals surface area contributed by atoms with Gasteiger partial charge in [0.2, 0.25) is 11.8 Å². The monoisotopic (exact) mass is 382 g/mol. The summed E-state index contributed by atoms with van der Waals surface area (Å²) in [6.07, 6.45) is -0.0921. The van der Waals surface area contributed by atoms with Crippen LogP contribution < -0.4 is 5.32 Å². The molecule has 4 rings (SSSR count). The van der Waals surface area contributed by atoms with Crippen LogP contribution in [0.1, 0.15) is 6.92 Å². The van der Waals surface area contributed by atoms with Crippen molar-refractivity contribution in [3.8, 4) is 11.4 Å². The third kappa shape index (κ3) is 3.72. The molecule has 8 heteroatoms. The molecule has 2 aromatic carbocycles. The van der Waals surface area contributed by atoms with Gasteiger partial charge in [-0.25, -0.2) is 9.37 Å². The Kier molecular flexibility index (Phi) is 4.79. The third-order valence-electron chi connectivity index (χ3n) is 4.65. The minimum Gasteiger partial charge on any atom is -0.365 e. The van der Waals surface area contributed by atoms with Crippen LogP contribution in [0, 0.1) is 5.82 Å². The smallest absolute Gasteiger partial charge is 0.250 e. The lowest BCUT2D eigenvalue weighted by molar-refractivity contribution is -0.144. The number of aromatic amines is 1. The molecule has 0 atom stereocenters. The number of fused-ring (bicyclic) bond motifs is 1. The second-order valence-corrected chi connectivity index (χ2v) is 6.70. The molecule has 28 heavy (non-hydrogen) atoms. The van der Waals surface area contributed by atoms with Crippen molar-refractivity contribution in [2.24, 2.45) is 0 Å². The summed E-state index contributed by atoms with van der Waals surface area (Å²) < 4.78 is 19.3. The minimum absolute atomic E-state index is 0.0107. The fourth-order valence-corrected chi connectivity index (χ4v) is 3.04. The Bertz CT molecular complexity index is 1030. The van der Waals surface area contributed by atoms with Crippen molar-refractivity contribution in [3.05, 3.63) is 48.3 Å². The number of H-pyrrole nitrogens is 1. The van der Waals surface area contributed by atoms with Gasteiger partial charge in [-0.15, -0.1) is 0 Å². The number of likely N-dealkylation sites (tertiary alicyclic amines) is 1. The number of amides is 2. The Morgan fingerprint density at radius 3 is 2.68 bits per heavy atom. The number of nitrogens with zero attached hydrogens (tertiary/aromatic N) is 2. The Morgan fingerprint density at radius 1 is 1.25 bits per heavy atom. The van der Waals surface area contributed by atoms with Gasteiger partial charge in [-0.1, -0.05) is 6.07 Å². The van der Waals surface area contributed by atoms with E-state index in [-0.39, 0.29) is 30.3 Å². The average Bonchev–Trinajstić information content (AvgIpc) is 3.06. The van der Waals surface area contributed by atoms with Crippen LogP contribution in [-0.4, -0.2) is 52.5 Å². The number of anilines is 1. The van der Waals surface area contributed by atoms with E-state index in [4.69, 9.17) is 4.74 Å². The molecule has 7 nitrogen and oxygen atoms in total. The number of aromatic nitrogens is 2. The van der Waals surface area contributed by atoms with Gasteiger partial charge in [-0.2, -0.15) is 0 Å². The molecule has 1 saturated heterocycles. The standard InChI is InChI=1S/C20H19FN4O3/c1-12(26)25-9-15(10-25)28-11-18(27)22-14-7-5-13(6-8-14)20-23-17-4-2-3-16(21)19(17)24-20/h2-8,15H,9-11H2,1H3,(H,22,27)(H,23,24). The van der Waals surface area contributed by atoms with Crippen molar-refractivity contribution in [1.82, 2.24) is 14.9 Å². The normalized spacial score (nSPS) is 14.1. The first-order valence-corrected chi connectivity index (χ1v) is 8.91. The van der Waals surface area contributed by atoms with Crippen molar-refractivity contribution in [3.63, 3.8) is 0 Å². The number of nitrogens with one attached hydrogen (secondary N) is 2. The van der Waals surface area contributed by atoms with Crippen molar-refractivity contribution in [2.75, 3.05) is 25.0 Å². The summed E-state index contributed by atoms with van der Waals surface area (Å²) >= 11 is 0. The molecule has 0 bridgehead atoms. The van der Waals surface area contributed by atoms with E-state index >= 15 is 0 Å². The Balaban J connectivity index is 1.33. The molecular weight excluding hydrogens is 363 g/mol. The number of benzene rings is 2. The molecule has 0 radical (unpaired) electrons. The van der Waals surface area contributed by atoms with E-state index in [0.29, 0.717) is 35.6 Å². The molecule has 0 saturated carbocycles. The Morgan fingerprint density at radius 2 is 2.00 bits per heavy atom. The zero-order valence-corrected chi connectivity index (χ0v) is 15.2. The van der Waals surface area contributed by atoms with Crippen LogP contribution in [0.2, 0.25) is 0 Å². The maximum Gasteiger partial charge on any atom is 0.250 e. The van der Waals surface area contributed by atoms with Crippen molar-refractivity contribution >= 4 is 28.5 Å². The molecule has 2 heterocycles. The first kappa shape index (κ1) is 18.1. The summed E-state index contributed by atoms with van der Waals surface area (Å²) in [7, 11) is 0. The number of rotatable bonds is 5. The van der Waals surface area contributed by atoms with Crippen LogP contribution in [0.4, 0.5) is 10.1 Å². The van der Waals surface area contributed by atoms with Crippen LogP contribution in [0.15, 0.2) is 42.5 Å². The zero-order chi connectivity index (χ0) is 19.7. The summed E-state index contributed by atoms with van der Waals surface area (Å²) in [5.41, 5.74) is 2.33.